The van der Waals surface area contributed by atoms with Crippen molar-refractivity contribution in [3.63, 3.8) is 0 Å². The number of aliphatic hydroxyl groups is 2. The van der Waals surface area contributed by atoms with Gasteiger partial charge in [-0.05, 0) is 6.42 Å². The predicted octanol–water partition coefficient (Wildman–Crippen LogP) is 0.00790. The maximum Gasteiger partial charge on any atom is 0.351 e. The number of ether oxygens (including phenoxy) is 1. The molecule has 1 aliphatic rings. The van der Waals surface area contributed by atoms with Crippen molar-refractivity contribution in [2.45, 2.75) is 51.0 Å². The van der Waals surface area contributed by atoms with Crippen molar-refractivity contribution in [1.29, 1.82) is 0 Å². The van der Waals surface area contributed by atoms with Crippen LogP contribution in [-0.4, -0.2) is 38.6 Å². The number of nitrogens with zero attached hydrogens (tertiary/aromatic N) is 2. The quantitative estimate of drug-likeness (QED) is 0.534. The summed E-state index contributed by atoms with van der Waals surface area (Å²) in [6, 6.07) is 0. The second kappa shape index (κ2) is 7.40. The summed E-state index contributed by atoms with van der Waals surface area (Å²) in [5.41, 5.74) is 5.62. The summed E-state index contributed by atoms with van der Waals surface area (Å²) >= 11 is 0. The number of unbranched alkanes of at least 4 members (excludes halogenated alkanes) is 2. The highest BCUT2D eigenvalue weighted by molar-refractivity contribution is 5.48. The molecule has 1 aliphatic heterocycles. The van der Waals surface area contributed by atoms with E-state index in [1.54, 1.807) is 0 Å². The summed E-state index contributed by atoms with van der Waals surface area (Å²) in [6.45, 7) is 1.77. The lowest BCUT2D eigenvalue weighted by Gasteiger charge is -2.14. The third-order valence-corrected chi connectivity index (χ3v) is 3.55. The Kier molecular flexibility index (Phi) is 5.55. The van der Waals surface area contributed by atoms with E-state index in [2.05, 4.69) is 23.7 Å². The van der Waals surface area contributed by atoms with Gasteiger partial charge in [-0.15, -0.1) is 0 Å². The molecule has 1 aromatic rings. The molecule has 2 heterocycles. The van der Waals surface area contributed by atoms with Crippen LogP contribution in [0.4, 0.5) is 5.82 Å². The van der Waals surface area contributed by atoms with E-state index in [4.69, 9.17) is 15.6 Å². The van der Waals surface area contributed by atoms with E-state index < -0.39 is 24.1 Å². The van der Waals surface area contributed by atoms with Crippen LogP contribution in [0.15, 0.2) is 11.0 Å². The molecule has 1 aromatic heterocycles. The first-order chi connectivity index (χ1) is 10.6. The van der Waals surface area contributed by atoms with E-state index in [0.29, 0.717) is 5.56 Å². The van der Waals surface area contributed by atoms with Crippen molar-refractivity contribution < 1.29 is 14.9 Å². The van der Waals surface area contributed by atoms with Gasteiger partial charge in [0.1, 0.15) is 18.1 Å². The van der Waals surface area contributed by atoms with Gasteiger partial charge in [0.2, 0.25) is 0 Å². The average Bonchev–Trinajstić information content (AvgIpc) is 2.86. The van der Waals surface area contributed by atoms with Crippen LogP contribution < -0.4 is 11.4 Å². The first kappa shape index (κ1) is 16.5. The lowest BCUT2D eigenvalue weighted by atomic mass is 10.2. The Labute approximate surface area is 128 Å². The number of anilines is 1. The minimum atomic E-state index is -0.821. The van der Waals surface area contributed by atoms with Gasteiger partial charge in [0.15, 0.2) is 0 Å². The van der Waals surface area contributed by atoms with Gasteiger partial charge in [-0.2, -0.15) is 4.98 Å². The highest BCUT2D eigenvalue weighted by Gasteiger charge is 2.35. The molecule has 120 valence electrons. The molecule has 7 nitrogen and oxygen atoms in total. The Bertz CT molecular complexity index is 632. The van der Waals surface area contributed by atoms with E-state index in [9.17, 15) is 9.90 Å². The number of nitrogens with two attached hydrogens (primary N) is 1. The highest BCUT2D eigenvalue weighted by Crippen LogP contribution is 2.27. The van der Waals surface area contributed by atoms with Crippen LogP contribution >= 0.6 is 0 Å². The summed E-state index contributed by atoms with van der Waals surface area (Å²) in [5.74, 6) is 5.99. The Hall–Kier alpha value is -1.88. The van der Waals surface area contributed by atoms with Gasteiger partial charge in [-0.25, -0.2) is 4.79 Å². The second-order valence-electron chi connectivity index (χ2n) is 5.25. The summed E-state index contributed by atoms with van der Waals surface area (Å²) in [6.07, 6.45) is 2.31. The molecule has 2 rings (SSSR count). The van der Waals surface area contributed by atoms with Crippen molar-refractivity contribution in [1.82, 2.24) is 9.55 Å². The second-order valence-corrected chi connectivity index (χ2v) is 5.25. The molecule has 0 amide bonds. The first-order valence-electron chi connectivity index (χ1n) is 7.38. The van der Waals surface area contributed by atoms with Gasteiger partial charge in [-0.1, -0.05) is 25.2 Å². The first-order valence-corrected chi connectivity index (χ1v) is 7.38. The molecule has 0 bridgehead atoms. The van der Waals surface area contributed by atoms with Crippen molar-refractivity contribution in [2.75, 3.05) is 12.3 Å². The van der Waals surface area contributed by atoms with E-state index in [1.807, 2.05) is 0 Å². The topological polar surface area (TPSA) is 111 Å². The van der Waals surface area contributed by atoms with Gasteiger partial charge in [0.05, 0.1) is 18.3 Å². The summed E-state index contributed by atoms with van der Waals surface area (Å²) in [4.78, 5) is 15.7. The Morgan fingerprint density at radius 3 is 3.00 bits per heavy atom. The van der Waals surface area contributed by atoms with Crippen LogP contribution in [0.3, 0.4) is 0 Å². The minimum absolute atomic E-state index is 0.0857. The van der Waals surface area contributed by atoms with Crippen molar-refractivity contribution in [2.24, 2.45) is 0 Å². The van der Waals surface area contributed by atoms with Crippen LogP contribution in [0.2, 0.25) is 0 Å². The molecule has 0 saturated carbocycles. The summed E-state index contributed by atoms with van der Waals surface area (Å²) < 4.78 is 6.72. The zero-order valence-electron chi connectivity index (χ0n) is 12.5. The normalized spacial score (nSPS) is 24.0. The minimum Gasteiger partial charge on any atom is -0.394 e. The number of aromatic nitrogens is 2. The maximum atomic E-state index is 12.0. The molecule has 0 aliphatic carbocycles. The van der Waals surface area contributed by atoms with Crippen LogP contribution in [0.5, 0.6) is 0 Å². The maximum absolute atomic E-state index is 12.0. The number of aliphatic hydroxyl groups excluding tert-OH is 2. The molecule has 3 atom stereocenters. The van der Waals surface area contributed by atoms with Crippen LogP contribution in [-0.2, 0) is 4.74 Å². The average molecular weight is 307 g/mol. The van der Waals surface area contributed by atoms with E-state index in [1.165, 1.54) is 10.8 Å². The molecule has 22 heavy (non-hydrogen) atoms. The zero-order chi connectivity index (χ0) is 16.1. The molecular formula is C15H21N3O4. The fourth-order valence-electron chi connectivity index (χ4n) is 2.26. The Morgan fingerprint density at radius 2 is 2.36 bits per heavy atom. The number of rotatable bonds is 4. The molecule has 0 aromatic carbocycles. The lowest BCUT2D eigenvalue weighted by Crippen LogP contribution is -2.28. The zero-order valence-corrected chi connectivity index (χ0v) is 12.5. The molecule has 0 spiro atoms. The standard InChI is InChI=1S/C15H21N3O4/c1-2-3-4-5-6-10-8-18(15(21)17-14(10)16)13-7-11(20)12(9-19)22-13/h8,11-13,19-20H,2-4,7,9H2,1H3,(H2,16,17,21)/t11?,12-,13?/m1/s1. The Balaban J connectivity index is 2.25. The predicted molar refractivity (Wildman–Crippen MR) is 80.9 cm³/mol. The van der Waals surface area contributed by atoms with Crippen LogP contribution in [0.25, 0.3) is 0 Å². The fraction of sp³-hybridized carbons (Fsp3) is 0.600. The summed E-state index contributed by atoms with van der Waals surface area (Å²) in [7, 11) is 0. The third-order valence-electron chi connectivity index (χ3n) is 3.55. The highest BCUT2D eigenvalue weighted by atomic mass is 16.5. The number of hydrogen-bond acceptors (Lipinski definition) is 6. The molecule has 0 radical (unpaired) electrons. The van der Waals surface area contributed by atoms with E-state index in [0.717, 1.165) is 19.3 Å². The van der Waals surface area contributed by atoms with Crippen molar-refractivity contribution in [3.05, 3.63) is 22.2 Å². The molecular weight excluding hydrogens is 286 g/mol. The monoisotopic (exact) mass is 307 g/mol. The van der Waals surface area contributed by atoms with E-state index >= 15 is 0 Å². The SMILES string of the molecule is CCCCC#Cc1cn(C2CC(O)[C@@H](CO)O2)c(=O)nc1N. The molecule has 4 N–H and O–H groups in total. The molecule has 7 heteroatoms. The van der Waals surface area contributed by atoms with Crippen molar-refractivity contribution >= 4 is 5.82 Å². The van der Waals surface area contributed by atoms with Gasteiger partial charge in [0, 0.05) is 19.0 Å². The van der Waals surface area contributed by atoms with Gasteiger partial charge in [-0.3, -0.25) is 4.57 Å². The number of nitrogen functional groups attached to an aromatic ring is 1. The molecule has 2 unspecified atom stereocenters. The van der Waals surface area contributed by atoms with E-state index in [-0.39, 0.29) is 18.8 Å². The van der Waals surface area contributed by atoms with Gasteiger partial charge in [0.25, 0.3) is 0 Å². The van der Waals surface area contributed by atoms with Crippen LogP contribution in [0, 0.1) is 11.8 Å². The molecule has 1 saturated heterocycles. The Morgan fingerprint density at radius 1 is 1.59 bits per heavy atom. The lowest BCUT2D eigenvalue weighted by molar-refractivity contribution is -0.0458. The van der Waals surface area contributed by atoms with Gasteiger partial charge >= 0.3 is 5.69 Å². The van der Waals surface area contributed by atoms with Crippen LogP contribution in [0.1, 0.15) is 44.4 Å². The fourth-order valence-corrected chi connectivity index (χ4v) is 2.26. The van der Waals surface area contributed by atoms with Gasteiger partial charge < -0.3 is 20.7 Å². The summed E-state index contributed by atoms with van der Waals surface area (Å²) in [5, 5.41) is 18.9. The van der Waals surface area contributed by atoms with Crippen molar-refractivity contribution in [3.8, 4) is 11.8 Å². The smallest absolute Gasteiger partial charge is 0.351 e. The largest absolute Gasteiger partial charge is 0.394 e. The number of hydrogen-bond donors (Lipinski definition) is 3. The third kappa shape index (κ3) is 3.65. The molecule has 1 fully saturated rings.